The van der Waals surface area contributed by atoms with Crippen LogP contribution in [0.1, 0.15) is 21.6 Å². The van der Waals surface area contributed by atoms with Crippen LogP contribution in [0.25, 0.3) is 5.69 Å². The zero-order valence-corrected chi connectivity index (χ0v) is 20.8. The van der Waals surface area contributed by atoms with E-state index < -0.39 is 29.1 Å². The number of rotatable bonds is 5. The van der Waals surface area contributed by atoms with Crippen LogP contribution >= 0.6 is 0 Å². The van der Waals surface area contributed by atoms with E-state index in [-0.39, 0.29) is 36.7 Å². The second-order valence-electron chi connectivity index (χ2n) is 8.75. The highest BCUT2D eigenvalue weighted by molar-refractivity contribution is 6.03. The summed E-state index contributed by atoms with van der Waals surface area (Å²) in [5, 5.41) is 5.27. The minimum absolute atomic E-state index is 0.0467. The van der Waals surface area contributed by atoms with E-state index >= 15 is 0 Å². The van der Waals surface area contributed by atoms with Gasteiger partial charge in [0.05, 0.1) is 30.6 Å². The zero-order valence-electron chi connectivity index (χ0n) is 20.8. The molecule has 5 rings (SSSR count). The molecule has 3 amide bonds. The van der Waals surface area contributed by atoms with Crippen LogP contribution < -0.4 is 20.9 Å². The molecule has 0 radical (unpaired) electrons. The summed E-state index contributed by atoms with van der Waals surface area (Å²) < 4.78 is 33.2. The van der Waals surface area contributed by atoms with Crippen molar-refractivity contribution in [1.29, 1.82) is 0 Å². The molecule has 11 heteroatoms. The monoisotopic (exact) mass is 531 g/mol. The number of nitrogens with zero attached hydrogens (tertiary/aromatic N) is 3. The lowest BCUT2D eigenvalue weighted by Crippen LogP contribution is -2.43. The average molecular weight is 532 g/mol. The number of methoxy groups -OCH3 is 1. The number of para-hydroxylation sites is 1. The van der Waals surface area contributed by atoms with Crippen LogP contribution in [0, 0.1) is 11.6 Å². The summed E-state index contributed by atoms with van der Waals surface area (Å²) in [5.41, 5.74) is 1.21. The molecule has 0 atom stereocenters. The number of fused-ring (bicyclic) bond motifs is 1. The number of hydrogen-bond donors (Lipinski definition) is 2. The first kappa shape index (κ1) is 25.6. The van der Waals surface area contributed by atoms with Gasteiger partial charge in [-0.1, -0.05) is 18.2 Å². The largest absolute Gasteiger partial charge is 0.497 e. The molecule has 1 aromatic heterocycles. The Morgan fingerprint density at radius 2 is 1.69 bits per heavy atom. The molecule has 2 N–H and O–H groups in total. The number of carbonyl (C=O) groups is 2. The molecule has 0 bridgehead atoms. The normalized spacial score (nSPS) is 12.4. The van der Waals surface area contributed by atoms with E-state index in [1.165, 1.54) is 22.6 Å². The van der Waals surface area contributed by atoms with Crippen molar-refractivity contribution >= 4 is 23.6 Å². The second kappa shape index (κ2) is 10.7. The fourth-order valence-electron chi connectivity index (χ4n) is 4.24. The van der Waals surface area contributed by atoms with E-state index in [1.54, 1.807) is 54.6 Å². The molecule has 0 unspecified atom stereocenters. The molecular weight excluding hydrogens is 508 g/mol. The summed E-state index contributed by atoms with van der Waals surface area (Å²) in [7, 11) is 1.53. The SMILES string of the molecule is COc1ccc(C(=O)Nc2nc3c(c(=O)n2-c2ccccc2)CN(C(=O)Nc2ccc(F)c(F)c2)CC3)cc1. The third kappa shape index (κ3) is 5.33. The third-order valence-electron chi connectivity index (χ3n) is 6.28. The van der Waals surface area contributed by atoms with Gasteiger partial charge in [0.1, 0.15) is 5.75 Å². The molecule has 39 heavy (non-hydrogen) atoms. The summed E-state index contributed by atoms with van der Waals surface area (Å²) in [6.07, 6.45) is 0.247. The van der Waals surface area contributed by atoms with Crippen LogP contribution in [0.2, 0.25) is 0 Å². The summed E-state index contributed by atoms with van der Waals surface area (Å²) in [6, 6.07) is 17.7. The minimum atomic E-state index is -1.09. The summed E-state index contributed by atoms with van der Waals surface area (Å²) in [6.45, 7) is 0.159. The molecule has 0 aliphatic carbocycles. The van der Waals surface area contributed by atoms with E-state index in [0.717, 1.165) is 12.1 Å². The number of benzene rings is 3. The Hall–Kier alpha value is -5.06. The topological polar surface area (TPSA) is 106 Å². The van der Waals surface area contributed by atoms with Crippen LogP contribution in [0.15, 0.2) is 77.6 Å². The van der Waals surface area contributed by atoms with Crippen LogP contribution in [-0.2, 0) is 13.0 Å². The molecular formula is C28H23F2N5O4. The molecule has 3 aromatic carbocycles. The van der Waals surface area contributed by atoms with E-state index in [1.807, 2.05) is 0 Å². The van der Waals surface area contributed by atoms with Crippen molar-refractivity contribution in [3.8, 4) is 11.4 Å². The maximum Gasteiger partial charge on any atom is 0.322 e. The Morgan fingerprint density at radius 1 is 0.949 bits per heavy atom. The van der Waals surface area contributed by atoms with E-state index in [4.69, 9.17) is 4.74 Å². The number of urea groups is 1. The summed E-state index contributed by atoms with van der Waals surface area (Å²) >= 11 is 0. The number of hydrogen-bond acceptors (Lipinski definition) is 5. The van der Waals surface area contributed by atoms with Crippen LogP contribution in [-0.4, -0.2) is 40.0 Å². The molecule has 0 saturated heterocycles. The smallest absolute Gasteiger partial charge is 0.322 e. The van der Waals surface area contributed by atoms with Crippen LogP contribution in [0.3, 0.4) is 0 Å². The lowest BCUT2D eigenvalue weighted by Gasteiger charge is -2.29. The number of aromatic nitrogens is 2. The van der Waals surface area contributed by atoms with Gasteiger partial charge in [-0.25, -0.2) is 23.1 Å². The van der Waals surface area contributed by atoms with E-state index in [9.17, 15) is 23.2 Å². The highest BCUT2D eigenvalue weighted by atomic mass is 19.2. The van der Waals surface area contributed by atoms with Crippen molar-refractivity contribution in [2.75, 3.05) is 24.3 Å². The Balaban J connectivity index is 1.46. The first-order valence-corrected chi connectivity index (χ1v) is 12.0. The van der Waals surface area contributed by atoms with Crippen molar-refractivity contribution < 1.29 is 23.1 Å². The average Bonchev–Trinajstić information content (AvgIpc) is 2.95. The van der Waals surface area contributed by atoms with Gasteiger partial charge in [-0.05, 0) is 48.5 Å². The quantitative estimate of drug-likeness (QED) is 0.398. The number of carbonyl (C=O) groups excluding carboxylic acids is 2. The maximum atomic E-state index is 13.8. The lowest BCUT2D eigenvalue weighted by atomic mass is 10.1. The van der Waals surface area contributed by atoms with Crippen molar-refractivity contribution in [2.24, 2.45) is 0 Å². The number of anilines is 2. The first-order valence-electron chi connectivity index (χ1n) is 12.0. The molecule has 198 valence electrons. The Labute approximate surface area is 221 Å². The van der Waals surface area contributed by atoms with Crippen molar-refractivity contribution in [2.45, 2.75) is 13.0 Å². The standard InChI is InChI=1S/C28H23F2N5O4/c1-39-20-10-7-17(8-11-20)25(36)33-27-32-24-13-14-34(28(38)31-18-9-12-22(29)23(30)15-18)16-21(24)26(37)35(27)19-5-3-2-4-6-19/h2-12,15H,13-14,16H2,1H3,(H,31,38)(H,32,33,36). The lowest BCUT2D eigenvalue weighted by molar-refractivity contribution is 0.102. The molecule has 0 saturated carbocycles. The molecule has 1 aliphatic heterocycles. The fourth-order valence-corrected chi connectivity index (χ4v) is 4.24. The van der Waals surface area contributed by atoms with E-state index in [2.05, 4.69) is 15.6 Å². The van der Waals surface area contributed by atoms with Gasteiger partial charge in [0.2, 0.25) is 5.95 Å². The molecule has 4 aromatic rings. The number of amides is 3. The van der Waals surface area contributed by atoms with Gasteiger partial charge >= 0.3 is 6.03 Å². The highest BCUT2D eigenvalue weighted by Crippen LogP contribution is 2.22. The fraction of sp³-hybridized carbons (Fsp3) is 0.143. The Bertz CT molecular complexity index is 1610. The van der Waals surface area contributed by atoms with Gasteiger partial charge in [-0.2, -0.15) is 0 Å². The van der Waals surface area contributed by atoms with Gasteiger partial charge in [-0.3, -0.25) is 14.9 Å². The third-order valence-corrected chi connectivity index (χ3v) is 6.28. The van der Waals surface area contributed by atoms with Crippen molar-refractivity contribution in [3.63, 3.8) is 0 Å². The van der Waals surface area contributed by atoms with Gasteiger partial charge in [0.25, 0.3) is 11.5 Å². The van der Waals surface area contributed by atoms with Gasteiger partial charge < -0.3 is 15.0 Å². The predicted molar refractivity (Wildman–Crippen MR) is 140 cm³/mol. The van der Waals surface area contributed by atoms with Crippen LogP contribution in [0.5, 0.6) is 5.75 Å². The summed E-state index contributed by atoms with van der Waals surface area (Å²) in [5.74, 6) is -1.93. The van der Waals surface area contributed by atoms with Gasteiger partial charge in [0.15, 0.2) is 11.6 Å². The number of nitrogens with one attached hydrogen (secondary N) is 2. The van der Waals surface area contributed by atoms with E-state index in [0.29, 0.717) is 22.7 Å². The molecule has 2 heterocycles. The van der Waals surface area contributed by atoms with Gasteiger partial charge in [0, 0.05) is 30.3 Å². The molecule has 0 fully saturated rings. The van der Waals surface area contributed by atoms with Gasteiger partial charge in [-0.15, -0.1) is 0 Å². The number of halogens is 2. The van der Waals surface area contributed by atoms with Crippen molar-refractivity contribution in [1.82, 2.24) is 14.5 Å². The van der Waals surface area contributed by atoms with Crippen LogP contribution in [0.4, 0.5) is 25.2 Å². The Kier molecular flexibility index (Phi) is 7.04. The molecule has 1 aliphatic rings. The first-order chi connectivity index (χ1) is 18.8. The highest BCUT2D eigenvalue weighted by Gasteiger charge is 2.27. The summed E-state index contributed by atoms with van der Waals surface area (Å²) in [4.78, 5) is 45.6. The maximum absolute atomic E-state index is 13.8. The second-order valence-corrected chi connectivity index (χ2v) is 8.75. The Morgan fingerprint density at radius 3 is 2.38 bits per heavy atom. The predicted octanol–water partition coefficient (Wildman–Crippen LogP) is 4.36. The number of ether oxygens (including phenoxy) is 1. The van der Waals surface area contributed by atoms with Crippen molar-refractivity contribution in [3.05, 3.63) is 112 Å². The zero-order chi connectivity index (χ0) is 27.5. The molecule has 9 nitrogen and oxygen atoms in total. The molecule has 0 spiro atoms. The minimum Gasteiger partial charge on any atom is -0.497 e.